The molecule has 0 radical (unpaired) electrons. The van der Waals surface area contributed by atoms with Crippen molar-refractivity contribution in [3.63, 3.8) is 0 Å². The summed E-state index contributed by atoms with van der Waals surface area (Å²) in [4.78, 5) is 11.2. The van der Waals surface area contributed by atoms with Crippen molar-refractivity contribution in [1.29, 1.82) is 0 Å². The smallest absolute Gasteiger partial charge is 0.248 e. The monoisotopic (exact) mass is 367 g/mol. The number of rotatable bonds is 5. The molecule has 1 aliphatic rings. The van der Waals surface area contributed by atoms with Crippen molar-refractivity contribution in [2.75, 3.05) is 19.5 Å². The van der Waals surface area contributed by atoms with Gasteiger partial charge in [-0.05, 0) is 42.6 Å². The van der Waals surface area contributed by atoms with Crippen LogP contribution < -0.4 is 21.1 Å². The van der Waals surface area contributed by atoms with Gasteiger partial charge in [-0.2, -0.15) is 0 Å². The number of hydrogen-bond donors (Lipinski definition) is 3. The maximum atomic E-state index is 11.2. The van der Waals surface area contributed by atoms with Gasteiger partial charge in [-0.15, -0.1) is 0 Å². The van der Waals surface area contributed by atoms with Crippen LogP contribution in [0.25, 0.3) is 0 Å². The Bertz CT molecular complexity index is 721. The van der Waals surface area contributed by atoms with Gasteiger partial charge in [-0.25, -0.2) is 0 Å². The zero-order valence-electron chi connectivity index (χ0n) is 13.3. The van der Waals surface area contributed by atoms with E-state index in [-0.39, 0.29) is 0 Å². The van der Waals surface area contributed by atoms with Gasteiger partial charge in [0.25, 0.3) is 0 Å². The van der Waals surface area contributed by atoms with Crippen LogP contribution in [0.15, 0.2) is 42.0 Å². The van der Waals surface area contributed by atoms with E-state index in [4.69, 9.17) is 39.0 Å². The van der Waals surface area contributed by atoms with Crippen molar-refractivity contribution in [3.05, 3.63) is 47.0 Å². The maximum absolute atomic E-state index is 11.2. The predicted octanol–water partition coefficient (Wildman–Crippen LogP) is 2.35. The summed E-state index contributed by atoms with van der Waals surface area (Å²) in [6, 6.07) is 5.23. The van der Waals surface area contributed by atoms with Crippen LogP contribution in [-0.4, -0.2) is 31.0 Å². The molecule has 1 aliphatic carbocycles. The number of nitrogens with one attached hydrogen (secondary N) is 2. The Balaban J connectivity index is 2.04. The normalized spacial score (nSPS) is 19.4. The third-order valence-corrected chi connectivity index (χ3v) is 4.04. The molecule has 0 saturated carbocycles. The summed E-state index contributed by atoms with van der Waals surface area (Å²) < 4.78 is 10.6. The van der Waals surface area contributed by atoms with Gasteiger partial charge in [0.1, 0.15) is 5.75 Å². The second-order valence-electron chi connectivity index (χ2n) is 5.08. The van der Waals surface area contributed by atoms with Crippen LogP contribution in [0.5, 0.6) is 5.75 Å². The molecule has 2 rings (SSSR count). The molecular weight excluding hydrogens is 350 g/mol. The fraction of sp³-hybridized carbons (Fsp3) is 0.250. The second-order valence-corrected chi connectivity index (χ2v) is 5.90. The van der Waals surface area contributed by atoms with E-state index in [1.807, 2.05) is 0 Å². The highest BCUT2D eigenvalue weighted by Gasteiger charge is 2.29. The minimum atomic E-state index is -0.848. The molecule has 1 amide bonds. The summed E-state index contributed by atoms with van der Waals surface area (Å²) >= 11 is 11.4. The van der Waals surface area contributed by atoms with Crippen LogP contribution in [0.1, 0.15) is 6.42 Å². The third kappa shape index (κ3) is 4.25. The van der Waals surface area contributed by atoms with Gasteiger partial charge in [0, 0.05) is 24.8 Å². The van der Waals surface area contributed by atoms with Crippen molar-refractivity contribution in [3.8, 4) is 5.75 Å². The van der Waals surface area contributed by atoms with Crippen LogP contribution in [0.4, 0.5) is 5.69 Å². The van der Waals surface area contributed by atoms with E-state index in [1.54, 1.807) is 50.6 Å². The zero-order valence-corrected chi connectivity index (χ0v) is 14.8. The molecular formula is C16H18ClN3O3S. The van der Waals surface area contributed by atoms with Crippen molar-refractivity contribution in [2.24, 2.45) is 5.73 Å². The lowest BCUT2D eigenvalue weighted by molar-refractivity contribution is -0.114. The first kappa shape index (κ1) is 18.3. The number of hydrogen-bond acceptors (Lipinski definition) is 4. The Morgan fingerprint density at radius 3 is 2.67 bits per heavy atom. The van der Waals surface area contributed by atoms with Crippen LogP contribution in [0, 0.1) is 0 Å². The number of carbonyl (C=O) groups excluding carboxylic acids is 1. The summed E-state index contributed by atoms with van der Waals surface area (Å²) in [5.74, 6) is 0.0957. The molecule has 0 saturated heterocycles. The molecule has 1 aromatic rings. The van der Waals surface area contributed by atoms with E-state index in [0.29, 0.717) is 33.6 Å². The second kappa shape index (κ2) is 7.65. The number of amides is 1. The minimum Gasteiger partial charge on any atom is -0.495 e. The Kier molecular flexibility index (Phi) is 5.82. The van der Waals surface area contributed by atoms with Gasteiger partial charge in [0.2, 0.25) is 5.91 Å². The standard InChI is InChI=1S/C16H18ClN3O3S/c1-22-13-4-3-11(9-12(13)17)19-15(24)20-16(23-2)7-5-10(6-8-16)14(18)21/h3-7,9H,8H2,1-2H3,(H2,18,21)(H2,19,20,24). The Labute approximate surface area is 150 Å². The minimum absolute atomic E-state index is 0.346. The summed E-state index contributed by atoms with van der Waals surface area (Å²) in [6.45, 7) is 0. The molecule has 0 aliphatic heterocycles. The number of primary amides is 1. The van der Waals surface area contributed by atoms with E-state index in [9.17, 15) is 4.79 Å². The topological polar surface area (TPSA) is 85.6 Å². The lowest BCUT2D eigenvalue weighted by atomic mass is 9.99. The first-order valence-corrected chi connectivity index (χ1v) is 7.85. The Hall–Kier alpha value is -2.09. The molecule has 8 heteroatoms. The zero-order chi connectivity index (χ0) is 17.7. The molecule has 0 heterocycles. The predicted molar refractivity (Wildman–Crippen MR) is 98.1 cm³/mol. The SMILES string of the molecule is COc1ccc(NC(=S)NC2(OC)C=CC(C(N)=O)=CC2)cc1Cl. The number of benzene rings is 1. The van der Waals surface area contributed by atoms with Gasteiger partial charge >= 0.3 is 0 Å². The number of anilines is 1. The molecule has 0 aromatic heterocycles. The third-order valence-electron chi connectivity index (χ3n) is 3.54. The van der Waals surface area contributed by atoms with Gasteiger partial charge in [0.05, 0.1) is 12.1 Å². The van der Waals surface area contributed by atoms with Crippen molar-refractivity contribution in [1.82, 2.24) is 5.32 Å². The fourth-order valence-corrected chi connectivity index (χ4v) is 2.75. The van der Waals surface area contributed by atoms with Gasteiger partial charge in [-0.1, -0.05) is 17.7 Å². The molecule has 1 unspecified atom stereocenters. The highest BCUT2D eigenvalue weighted by molar-refractivity contribution is 7.80. The average molecular weight is 368 g/mol. The summed E-state index contributed by atoms with van der Waals surface area (Å²) in [7, 11) is 3.10. The lowest BCUT2D eigenvalue weighted by Gasteiger charge is -2.32. The first-order valence-electron chi connectivity index (χ1n) is 7.06. The van der Waals surface area contributed by atoms with Gasteiger partial charge < -0.3 is 25.8 Å². The van der Waals surface area contributed by atoms with Crippen molar-refractivity contribution >= 4 is 40.5 Å². The van der Waals surface area contributed by atoms with Crippen LogP contribution in [-0.2, 0) is 9.53 Å². The molecule has 0 spiro atoms. The van der Waals surface area contributed by atoms with E-state index in [2.05, 4.69) is 10.6 Å². The number of thiocarbonyl (C=S) groups is 1. The van der Waals surface area contributed by atoms with Crippen LogP contribution in [0.2, 0.25) is 5.02 Å². The molecule has 128 valence electrons. The van der Waals surface area contributed by atoms with Crippen LogP contribution >= 0.6 is 23.8 Å². The first-order chi connectivity index (χ1) is 11.4. The fourth-order valence-electron chi connectivity index (χ4n) is 2.20. The van der Waals surface area contributed by atoms with Crippen molar-refractivity contribution in [2.45, 2.75) is 12.1 Å². The van der Waals surface area contributed by atoms with E-state index < -0.39 is 11.6 Å². The summed E-state index contributed by atoms with van der Waals surface area (Å²) in [5, 5.41) is 6.92. The molecule has 1 aromatic carbocycles. The summed E-state index contributed by atoms with van der Waals surface area (Å²) in [6.07, 6.45) is 5.42. The molecule has 24 heavy (non-hydrogen) atoms. The molecule has 4 N–H and O–H groups in total. The number of nitrogens with two attached hydrogens (primary N) is 1. The van der Waals surface area contributed by atoms with E-state index in [0.717, 1.165) is 0 Å². The van der Waals surface area contributed by atoms with E-state index >= 15 is 0 Å². The molecule has 6 nitrogen and oxygen atoms in total. The van der Waals surface area contributed by atoms with E-state index in [1.165, 1.54) is 0 Å². The lowest BCUT2D eigenvalue weighted by Crippen LogP contribution is -2.50. The number of carbonyl (C=O) groups is 1. The number of ether oxygens (including phenoxy) is 2. The molecule has 0 fully saturated rings. The number of methoxy groups -OCH3 is 2. The quantitative estimate of drug-likeness (QED) is 0.547. The van der Waals surface area contributed by atoms with Crippen molar-refractivity contribution < 1.29 is 14.3 Å². The summed E-state index contributed by atoms with van der Waals surface area (Å²) in [5.41, 5.74) is 5.55. The maximum Gasteiger partial charge on any atom is 0.248 e. The number of halogens is 1. The van der Waals surface area contributed by atoms with Gasteiger partial charge in [-0.3, -0.25) is 4.79 Å². The average Bonchev–Trinajstić information content (AvgIpc) is 2.55. The molecule has 1 atom stereocenters. The Morgan fingerprint density at radius 1 is 1.42 bits per heavy atom. The highest BCUT2D eigenvalue weighted by atomic mass is 35.5. The van der Waals surface area contributed by atoms with Gasteiger partial charge in [0.15, 0.2) is 10.8 Å². The Morgan fingerprint density at radius 2 is 2.17 bits per heavy atom. The largest absolute Gasteiger partial charge is 0.495 e. The molecule has 0 bridgehead atoms. The van der Waals surface area contributed by atoms with Crippen LogP contribution in [0.3, 0.4) is 0 Å². The highest BCUT2D eigenvalue weighted by Crippen LogP contribution is 2.27.